The molecule has 4 heteroatoms. The molecule has 0 fully saturated rings. The molecule has 0 radical (unpaired) electrons. The molecule has 0 aromatic heterocycles. The number of ketones is 1. The molecule has 4 nitrogen and oxygen atoms in total. The second-order valence-electron chi connectivity index (χ2n) is 7.99. The molecular weight excluding hydrogens is 352 g/mol. The Balaban J connectivity index is 2.40. The number of methoxy groups -OCH3 is 1. The van der Waals surface area contributed by atoms with Gasteiger partial charge in [0.25, 0.3) is 0 Å². The van der Waals surface area contributed by atoms with E-state index in [0.717, 1.165) is 11.1 Å². The molecule has 0 amide bonds. The number of hydrogen-bond acceptors (Lipinski definition) is 3. The van der Waals surface area contributed by atoms with Gasteiger partial charge in [0.15, 0.2) is 5.78 Å². The minimum atomic E-state index is -0.955. The van der Waals surface area contributed by atoms with Gasteiger partial charge in [-0.3, -0.25) is 4.79 Å². The molecule has 150 valence electrons. The highest BCUT2D eigenvalue weighted by molar-refractivity contribution is 6.04. The van der Waals surface area contributed by atoms with E-state index in [1.54, 1.807) is 20.1 Å². The molecule has 1 N–H and O–H groups in total. The molecule has 0 saturated carbocycles. The largest absolute Gasteiger partial charge is 0.478 e. The zero-order valence-corrected chi connectivity index (χ0v) is 17.8. The molecule has 0 saturated heterocycles. The molecule has 1 aromatic carbocycles. The van der Waals surface area contributed by atoms with Gasteiger partial charge >= 0.3 is 5.97 Å². The Morgan fingerprint density at radius 3 is 2.18 bits per heavy atom. The lowest BCUT2D eigenvalue weighted by Crippen LogP contribution is -2.39. The number of aliphatic carboxylic acids is 1. The third-order valence-corrected chi connectivity index (χ3v) is 5.97. The summed E-state index contributed by atoms with van der Waals surface area (Å²) in [5.41, 5.74) is 3.79. The minimum absolute atomic E-state index is 0.0810. The Bertz CT molecular complexity index is 868. The van der Waals surface area contributed by atoms with Gasteiger partial charge in [-0.25, -0.2) is 4.79 Å². The van der Waals surface area contributed by atoms with Crippen molar-refractivity contribution in [3.63, 3.8) is 0 Å². The maximum absolute atomic E-state index is 12.7. The Labute approximate surface area is 167 Å². The van der Waals surface area contributed by atoms with E-state index in [1.807, 2.05) is 51.1 Å². The Morgan fingerprint density at radius 2 is 1.71 bits per heavy atom. The fourth-order valence-electron chi connectivity index (χ4n) is 4.01. The van der Waals surface area contributed by atoms with Gasteiger partial charge in [-0.2, -0.15) is 0 Å². The van der Waals surface area contributed by atoms with Crippen LogP contribution in [0.1, 0.15) is 63.4 Å². The minimum Gasteiger partial charge on any atom is -0.478 e. The quantitative estimate of drug-likeness (QED) is 0.534. The Kier molecular flexibility index (Phi) is 6.45. The van der Waals surface area contributed by atoms with Gasteiger partial charge in [-0.05, 0) is 56.4 Å². The van der Waals surface area contributed by atoms with E-state index in [4.69, 9.17) is 4.74 Å². The number of hydrogen-bond donors (Lipinski definition) is 1. The van der Waals surface area contributed by atoms with Gasteiger partial charge in [0.05, 0.1) is 11.7 Å². The highest BCUT2D eigenvalue weighted by Gasteiger charge is 2.42. The molecule has 1 aliphatic carbocycles. The lowest BCUT2D eigenvalue weighted by Gasteiger charge is -2.41. The molecule has 1 aliphatic rings. The standard InChI is InChI=1S/C24H30O4/c1-14(2)18-8-10-19(11-9-18)20(25)12-13-24(6)17(5)15(3)21(23(26)27)16(4)22(24)28-7/h8-14,22H,1-7H3,(H,26,27). The van der Waals surface area contributed by atoms with Crippen molar-refractivity contribution in [1.29, 1.82) is 0 Å². The molecule has 1 aromatic rings. The first kappa shape index (κ1) is 21.8. The summed E-state index contributed by atoms with van der Waals surface area (Å²) in [5, 5.41) is 9.59. The highest BCUT2D eigenvalue weighted by atomic mass is 16.5. The van der Waals surface area contributed by atoms with E-state index in [9.17, 15) is 14.7 Å². The highest BCUT2D eigenvalue weighted by Crippen LogP contribution is 2.45. The molecule has 28 heavy (non-hydrogen) atoms. The third-order valence-electron chi connectivity index (χ3n) is 5.97. The lowest BCUT2D eigenvalue weighted by molar-refractivity contribution is -0.132. The summed E-state index contributed by atoms with van der Waals surface area (Å²) in [4.78, 5) is 24.4. The number of carboxylic acid groups (broad SMARTS) is 1. The van der Waals surface area contributed by atoms with Crippen molar-refractivity contribution in [2.45, 2.75) is 53.6 Å². The van der Waals surface area contributed by atoms with Gasteiger partial charge in [0.2, 0.25) is 0 Å². The van der Waals surface area contributed by atoms with Crippen LogP contribution < -0.4 is 0 Å². The second-order valence-corrected chi connectivity index (χ2v) is 7.99. The number of carboxylic acids is 1. The van der Waals surface area contributed by atoms with Crippen molar-refractivity contribution in [1.82, 2.24) is 0 Å². The van der Waals surface area contributed by atoms with E-state index in [1.165, 1.54) is 5.56 Å². The summed E-state index contributed by atoms with van der Waals surface area (Å²) in [6.07, 6.45) is 2.97. The Morgan fingerprint density at radius 1 is 1.14 bits per heavy atom. The lowest BCUT2D eigenvalue weighted by atomic mass is 9.67. The van der Waals surface area contributed by atoms with Crippen molar-refractivity contribution >= 4 is 11.8 Å². The van der Waals surface area contributed by atoms with E-state index in [2.05, 4.69) is 13.8 Å². The summed E-state index contributed by atoms with van der Waals surface area (Å²) in [5.74, 6) is -0.622. The van der Waals surface area contributed by atoms with Crippen LogP contribution in [0.25, 0.3) is 0 Å². The van der Waals surface area contributed by atoms with Crippen LogP contribution in [-0.2, 0) is 9.53 Å². The van der Waals surface area contributed by atoms with Crippen LogP contribution in [0.5, 0.6) is 0 Å². The van der Waals surface area contributed by atoms with Crippen LogP contribution in [0.3, 0.4) is 0 Å². The molecular formula is C24H30O4. The first-order valence-corrected chi connectivity index (χ1v) is 9.53. The van der Waals surface area contributed by atoms with Crippen molar-refractivity contribution in [2.24, 2.45) is 5.41 Å². The summed E-state index contributed by atoms with van der Waals surface area (Å²) >= 11 is 0. The average molecular weight is 383 g/mol. The molecule has 2 rings (SSSR count). The smallest absolute Gasteiger partial charge is 0.335 e. The first-order chi connectivity index (χ1) is 13.0. The summed E-state index contributed by atoms with van der Waals surface area (Å²) in [6.45, 7) is 11.7. The number of rotatable bonds is 6. The number of allylic oxidation sites excluding steroid dienone is 1. The Hall–Kier alpha value is -2.46. The van der Waals surface area contributed by atoms with E-state index >= 15 is 0 Å². The fraction of sp³-hybridized carbons (Fsp3) is 0.417. The number of carbonyl (C=O) groups is 2. The van der Waals surface area contributed by atoms with Crippen LogP contribution in [0.2, 0.25) is 0 Å². The third kappa shape index (κ3) is 3.88. The topological polar surface area (TPSA) is 63.6 Å². The van der Waals surface area contributed by atoms with Crippen LogP contribution >= 0.6 is 0 Å². The van der Waals surface area contributed by atoms with Crippen LogP contribution in [0, 0.1) is 5.41 Å². The molecule has 0 aliphatic heterocycles. The molecule has 0 spiro atoms. The molecule has 0 bridgehead atoms. The van der Waals surface area contributed by atoms with Gasteiger partial charge in [-0.15, -0.1) is 0 Å². The SMILES string of the molecule is COC1C(C)=C(C(=O)O)C(C)=C(C)C1(C)C=CC(=O)c1ccc(C(C)C)cc1. The number of benzene rings is 1. The summed E-state index contributed by atoms with van der Waals surface area (Å²) < 4.78 is 5.68. The number of carbonyl (C=O) groups excluding carboxylic acids is 1. The van der Waals surface area contributed by atoms with Crippen molar-refractivity contribution in [3.05, 3.63) is 69.8 Å². The van der Waals surface area contributed by atoms with Crippen molar-refractivity contribution < 1.29 is 19.4 Å². The van der Waals surface area contributed by atoms with Crippen molar-refractivity contribution in [3.8, 4) is 0 Å². The monoisotopic (exact) mass is 382 g/mol. The average Bonchev–Trinajstić information content (AvgIpc) is 2.64. The van der Waals surface area contributed by atoms with Crippen molar-refractivity contribution in [2.75, 3.05) is 7.11 Å². The molecule has 0 heterocycles. The van der Waals surface area contributed by atoms with Gasteiger partial charge in [-0.1, -0.05) is 49.8 Å². The van der Waals surface area contributed by atoms with Crippen LogP contribution in [0.15, 0.2) is 58.7 Å². The zero-order chi connectivity index (χ0) is 21.2. The molecule has 2 unspecified atom stereocenters. The fourth-order valence-corrected chi connectivity index (χ4v) is 4.01. The first-order valence-electron chi connectivity index (χ1n) is 9.53. The normalized spacial score (nSPS) is 23.1. The predicted molar refractivity (Wildman–Crippen MR) is 112 cm³/mol. The van der Waals surface area contributed by atoms with E-state index in [0.29, 0.717) is 22.6 Å². The maximum Gasteiger partial charge on any atom is 0.335 e. The maximum atomic E-state index is 12.7. The summed E-state index contributed by atoms with van der Waals surface area (Å²) in [6, 6.07) is 7.65. The molecule has 2 atom stereocenters. The van der Waals surface area contributed by atoms with E-state index < -0.39 is 17.5 Å². The van der Waals surface area contributed by atoms with Gasteiger partial charge < -0.3 is 9.84 Å². The summed E-state index contributed by atoms with van der Waals surface area (Å²) in [7, 11) is 1.57. The number of ether oxygens (including phenoxy) is 1. The van der Waals surface area contributed by atoms with Gasteiger partial charge in [0.1, 0.15) is 0 Å². The van der Waals surface area contributed by atoms with Crippen LogP contribution in [-0.4, -0.2) is 30.1 Å². The van der Waals surface area contributed by atoms with Crippen LogP contribution in [0.4, 0.5) is 0 Å². The predicted octanol–water partition coefficient (Wildman–Crippen LogP) is 5.32. The zero-order valence-electron chi connectivity index (χ0n) is 17.8. The van der Waals surface area contributed by atoms with Gasteiger partial charge in [0, 0.05) is 18.1 Å². The van der Waals surface area contributed by atoms with E-state index in [-0.39, 0.29) is 5.78 Å². The second kappa shape index (κ2) is 8.27.